The first kappa shape index (κ1) is 15.5. The molecule has 0 fully saturated rings. The largest absolute Gasteiger partial charge is 0.443 e. The molecule has 0 atom stereocenters. The fourth-order valence-corrected chi connectivity index (χ4v) is 1.72. The normalized spacial score (nSPS) is 10.9. The molecule has 19 heavy (non-hydrogen) atoms. The van der Waals surface area contributed by atoms with Crippen LogP contribution in [0.4, 0.5) is 10.5 Å². The van der Waals surface area contributed by atoms with Gasteiger partial charge in [-0.1, -0.05) is 23.7 Å². The van der Waals surface area contributed by atoms with E-state index < -0.39 is 11.7 Å². The maximum Gasteiger partial charge on any atom is 0.414 e. The number of anilines is 1. The third-order valence-electron chi connectivity index (χ3n) is 2.23. The van der Waals surface area contributed by atoms with Gasteiger partial charge in [-0.05, 0) is 32.9 Å². The number of hydrogen-bond acceptors (Lipinski definition) is 3. The molecule has 0 saturated heterocycles. The molecule has 0 saturated carbocycles. The Labute approximate surface area is 118 Å². The Hall–Kier alpha value is -1.55. The predicted octanol–water partition coefficient (Wildman–Crippen LogP) is 3.67. The number of rotatable bonds is 4. The van der Waals surface area contributed by atoms with E-state index in [0.717, 1.165) is 6.29 Å². The number of benzene rings is 1. The van der Waals surface area contributed by atoms with Crippen LogP contribution in [0.2, 0.25) is 5.02 Å². The average molecular weight is 284 g/mol. The number of amides is 1. The van der Waals surface area contributed by atoms with E-state index in [2.05, 4.69) is 0 Å². The fourth-order valence-electron chi connectivity index (χ4n) is 1.48. The molecule has 5 heteroatoms. The summed E-state index contributed by atoms with van der Waals surface area (Å²) in [7, 11) is 0. The molecule has 4 nitrogen and oxygen atoms in total. The number of aldehydes is 1. The summed E-state index contributed by atoms with van der Waals surface area (Å²) < 4.78 is 5.32. The van der Waals surface area contributed by atoms with Crippen molar-refractivity contribution in [3.05, 3.63) is 29.3 Å². The second-order valence-corrected chi connectivity index (χ2v) is 5.45. The number of para-hydroxylation sites is 1. The summed E-state index contributed by atoms with van der Waals surface area (Å²) in [6.07, 6.45) is 0.473. The van der Waals surface area contributed by atoms with E-state index in [-0.39, 0.29) is 13.0 Å². The summed E-state index contributed by atoms with van der Waals surface area (Å²) in [6, 6.07) is 6.96. The van der Waals surface area contributed by atoms with Gasteiger partial charge in [-0.25, -0.2) is 4.79 Å². The topological polar surface area (TPSA) is 46.6 Å². The highest BCUT2D eigenvalue weighted by Crippen LogP contribution is 2.26. The van der Waals surface area contributed by atoms with Gasteiger partial charge in [0.05, 0.1) is 10.7 Å². The van der Waals surface area contributed by atoms with Crippen LogP contribution in [0.5, 0.6) is 0 Å². The van der Waals surface area contributed by atoms with E-state index in [0.29, 0.717) is 10.7 Å². The highest BCUT2D eigenvalue weighted by atomic mass is 35.5. The molecule has 0 aliphatic carbocycles. The standard InChI is InChI=1S/C14H18ClNO3/c1-14(2,3)19-13(18)16(9-6-10-17)12-8-5-4-7-11(12)15/h4-5,7-8,10H,6,9H2,1-3H3. The van der Waals surface area contributed by atoms with Gasteiger partial charge in [0, 0.05) is 13.0 Å². The van der Waals surface area contributed by atoms with Gasteiger partial charge in [-0.3, -0.25) is 4.90 Å². The van der Waals surface area contributed by atoms with Crippen molar-refractivity contribution >= 4 is 29.7 Å². The summed E-state index contributed by atoms with van der Waals surface area (Å²) >= 11 is 6.08. The van der Waals surface area contributed by atoms with E-state index in [1.165, 1.54) is 4.90 Å². The average Bonchev–Trinajstić information content (AvgIpc) is 2.29. The van der Waals surface area contributed by atoms with Gasteiger partial charge in [0.15, 0.2) is 0 Å². The predicted molar refractivity (Wildman–Crippen MR) is 75.7 cm³/mol. The molecule has 0 aliphatic heterocycles. The van der Waals surface area contributed by atoms with Crippen LogP contribution in [0.1, 0.15) is 27.2 Å². The highest BCUT2D eigenvalue weighted by molar-refractivity contribution is 6.33. The number of hydrogen-bond donors (Lipinski definition) is 0. The first-order valence-corrected chi connectivity index (χ1v) is 6.41. The van der Waals surface area contributed by atoms with Gasteiger partial charge in [-0.2, -0.15) is 0 Å². The SMILES string of the molecule is CC(C)(C)OC(=O)N(CCC=O)c1ccccc1Cl. The van der Waals surface area contributed by atoms with Gasteiger partial charge >= 0.3 is 6.09 Å². The number of ether oxygens (including phenoxy) is 1. The quantitative estimate of drug-likeness (QED) is 0.792. The molecule has 0 unspecified atom stereocenters. The molecule has 0 spiro atoms. The lowest BCUT2D eigenvalue weighted by molar-refractivity contribution is -0.107. The minimum atomic E-state index is -0.599. The maximum atomic E-state index is 12.1. The van der Waals surface area contributed by atoms with Crippen LogP contribution < -0.4 is 4.90 Å². The zero-order valence-corrected chi connectivity index (χ0v) is 12.1. The molecule has 1 aromatic carbocycles. The van der Waals surface area contributed by atoms with Crippen LogP contribution in [-0.4, -0.2) is 24.5 Å². The first-order valence-electron chi connectivity index (χ1n) is 6.04. The summed E-state index contributed by atoms with van der Waals surface area (Å²) in [5.41, 5.74) is -0.0575. The summed E-state index contributed by atoms with van der Waals surface area (Å²) in [5, 5.41) is 0.444. The lowest BCUT2D eigenvalue weighted by atomic mass is 10.2. The van der Waals surface area contributed by atoms with Gasteiger partial charge in [0.1, 0.15) is 11.9 Å². The van der Waals surface area contributed by atoms with Crippen LogP contribution in [0.25, 0.3) is 0 Å². The first-order chi connectivity index (χ1) is 8.85. The fraction of sp³-hybridized carbons (Fsp3) is 0.429. The molecule has 104 valence electrons. The molecular formula is C14H18ClNO3. The Bertz CT molecular complexity index is 454. The van der Waals surface area contributed by atoms with E-state index in [1.54, 1.807) is 45.0 Å². The molecule has 0 N–H and O–H groups in total. The third-order valence-corrected chi connectivity index (χ3v) is 2.55. The Morgan fingerprint density at radius 2 is 2.00 bits per heavy atom. The van der Waals surface area contributed by atoms with Crippen molar-refractivity contribution in [2.45, 2.75) is 32.8 Å². The Morgan fingerprint density at radius 3 is 2.53 bits per heavy atom. The number of halogens is 1. The molecule has 1 rings (SSSR count). The van der Waals surface area contributed by atoms with Crippen molar-refractivity contribution in [1.82, 2.24) is 0 Å². The smallest absolute Gasteiger partial charge is 0.414 e. The summed E-state index contributed by atoms with van der Waals surface area (Å²) in [5.74, 6) is 0. The second-order valence-electron chi connectivity index (χ2n) is 5.04. The number of carbonyl (C=O) groups excluding carboxylic acids is 2. The minimum absolute atomic E-state index is 0.227. The zero-order chi connectivity index (χ0) is 14.5. The van der Waals surface area contributed by atoms with Crippen LogP contribution in [0.15, 0.2) is 24.3 Å². The molecular weight excluding hydrogens is 266 g/mol. The van der Waals surface area contributed by atoms with Gasteiger partial charge in [0.25, 0.3) is 0 Å². The van der Waals surface area contributed by atoms with Gasteiger partial charge < -0.3 is 9.53 Å². The summed E-state index contributed by atoms with van der Waals surface area (Å²) in [4.78, 5) is 24.0. The monoisotopic (exact) mass is 283 g/mol. The van der Waals surface area contributed by atoms with Crippen LogP contribution >= 0.6 is 11.6 Å². The van der Waals surface area contributed by atoms with Gasteiger partial charge in [-0.15, -0.1) is 0 Å². The summed E-state index contributed by atoms with van der Waals surface area (Å²) in [6.45, 7) is 5.60. The Balaban J connectivity index is 2.98. The molecule has 0 aliphatic rings. The van der Waals surface area contributed by atoms with Crippen LogP contribution in [0, 0.1) is 0 Å². The maximum absolute atomic E-state index is 12.1. The highest BCUT2D eigenvalue weighted by Gasteiger charge is 2.24. The van der Waals surface area contributed by atoms with Crippen LogP contribution in [0.3, 0.4) is 0 Å². The second kappa shape index (κ2) is 6.57. The molecule has 0 aromatic heterocycles. The zero-order valence-electron chi connectivity index (χ0n) is 11.4. The van der Waals surface area contributed by atoms with Crippen molar-refractivity contribution in [2.75, 3.05) is 11.4 Å². The van der Waals surface area contributed by atoms with Crippen molar-refractivity contribution in [3.8, 4) is 0 Å². The Kier molecular flexibility index (Phi) is 5.36. The Morgan fingerprint density at radius 1 is 1.37 bits per heavy atom. The molecule has 0 radical (unpaired) electrons. The van der Waals surface area contributed by atoms with Crippen molar-refractivity contribution in [3.63, 3.8) is 0 Å². The van der Waals surface area contributed by atoms with Crippen molar-refractivity contribution < 1.29 is 14.3 Å². The molecule has 1 amide bonds. The number of carbonyl (C=O) groups is 2. The van der Waals surface area contributed by atoms with E-state index >= 15 is 0 Å². The lowest BCUT2D eigenvalue weighted by Crippen LogP contribution is -2.37. The molecule has 0 heterocycles. The molecule has 0 bridgehead atoms. The van der Waals surface area contributed by atoms with Gasteiger partial charge in [0.2, 0.25) is 0 Å². The number of nitrogens with zero attached hydrogens (tertiary/aromatic N) is 1. The lowest BCUT2D eigenvalue weighted by Gasteiger charge is -2.27. The van der Waals surface area contributed by atoms with Crippen molar-refractivity contribution in [1.29, 1.82) is 0 Å². The van der Waals surface area contributed by atoms with Crippen LogP contribution in [-0.2, 0) is 9.53 Å². The van der Waals surface area contributed by atoms with Crippen molar-refractivity contribution in [2.24, 2.45) is 0 Å². The molecule has 1 aromatic rings. The third kappa shape index (κ3) is 4.91. The van der Waals surface area contributed by atoms with E-state index in [1.807, 2.05) is 0 Å². The van der Waals surface area contributed by atoms with E-state index in [9.17, 15) is 9.59 Å². The van der Waals surface area contributed by atoms with E-state index in [4.69, 9.17) is 16.3 Å². The minimum Gasteiger partial charge on any atom is -0.443 e.